The van der Waals surface area contributed by atoms with E-state index in [2.05, 4.69) is 17.9 Å². The lowest BCUT2D eigenvalue weighted by molar-refractivity contribution is -0.155. The zero-order valence-corrected chi connectivity index (χ0v) is 6.78. The molecule has 58 valence electrons. The van der Waals surface area contributed by atoms with Gasteiger partial charge in [-0.25, -0.2) is 0 Å². The normalized spacial score (nSPS) is 21.4. The second-order valence-electron chi connectivity index (χ2n) is 2.51. The molecule has 0 spiro atoms. The van der Waals surface area contributed by atoms with Crippen molar-refractivity contribution in [1.29, 1.82) is 0 Å². The van der Waals surface area contributed by atoms with Gasteiger partial charge in [-0.1, -0.05) is 0 Å². The van der Waals surface area contributed by atoms with Gasteiger partial charge in [0.1, 0.15) is 5.41 Å². The molecular weight excluding hydrogens is 150 g/mol. The van der Waals surface area contributed by atoms with E-state index >= 15 is 0 Å². The summed E-state index contributed by atoms with van der Waals surface area (Å²) < 4.78 is 4.94. The molecule has 1 N–H and O–H groups in total. The van der Waals surface area contributed by atoms with E-state index in [0.29, 0.717) is 19.0 Å². The molecular formula is C6H11NO2S. The number of carbonyl (C=O) groups excluding carboxylic acids is 1. The first-order valence-electron chi connectivity index (χ1n) is 3.16. The lowest BCUT2D eigenvalue weighted by atomic mass is 9.87. The van der Waals surface area contributed by atoms with Crippen LogP contribution in [0.4, 0.5) is 0 Å². The van der Waals surface area contributed by atoms with Crippen LogP contribution in [0.3, 0.4) is 0 Å². The molecule has 4 heteroatoms. The molecule has 0 aliphatic carbocycles. The van der Waals surface area contributed by atoms with Gasteiger partial charge in [-0.15, -0.1) is 0 Å². The number of nitrogens with one attached hydrogen (secondary N) is 1. The highest BCUT2D eigenvalue weighted by atomic mass is 32.1. The monoisotopic (exact) mass is 161 g/mol. The second kappa shape index (κ2) is 2.80. The van der Waals surface area contributed by atoms with Gasteiger partial charge in [0, 0.05) is 12.8 Å². The van der Waals surface area contributed by atoms with E-state index in [-0.39, 0.29) is 11.3 Å². The van der Waals surface area contributed by atoms with Crippen molar-refractivity contribution >= 4 is 18.5 Å². The largest absolute Gasteiger partial charge is 0.379 e. The molecule has 0 aromatic rings. The summed E-state index contributed by atoms with van der Waals surface area (Å²) in [6, 6.07) is 0. The van der Waals surface area contributed by atoms with Crippen LogP contribution in [0.1, 0.15) is 0 Å². The third-order valence-electron chi connectivity index (χ3n) is 1.77. The van der Waals surface area contributed by atoms with Crippen LogP contribution >= 0.6 is 12.6 Å². The fraction of sp³-hybridized carbons (Fsp3) is 0.833. The molecule has 0 bridgehead atoms. The van der Waals surface area contributed by atoms with Gasteiger partial charge in [0.15, 0.2) is 0 Å². The number of ether oxygens (including phenoxy) is 1. The third kappa shape index (κ3) is 1.01. The van der Waals surface area contributed by atoms with Crippen LogP contribution in [0.15, 0.2) is 0 Å². The molecule has 0 radical (unpaired) electrons. The van der Waals surface area contributed by atoms with E-state index in [1.807, 2.05) is 0 Å². The standard InChI is InChI=1S/C6H11NO2S/c1-7-5(8)6(4-10)2-9-3-6/h10H,2-4H2,1H3,(H,7,8). The molecule has 1 heterocycles. The van der Waals surface area contributed by atoms with Crippen molar-refractivity contribution in [2.45, 2.75) is 0 Å². The highest BCUT2D eigenvalue weighted by molar-refractivity contribution is 7.80. The Hall–Kier alpha value is -0.220. The number of thiol groups is 1. The summed E-state index contributed by atoms with van der Waals surface area (Å²) in [4.78, 5) is 11.1. The zero-order chi connectivity index (χ0) is 7.61. The van der Waals surface area contributed by atoms with Gasteiger partial charge in [0.05, 0.1) is 13.2 Å². The van der Waals surface area contributed by atoms with Gasteiger partial charge in [-0.05, 0) is 0 Å². The average molecular weight is 161 g/mol. The van der Waals surface area contributed by atoms with Crippen molar-refractivity contribution in [3.8, 4) is 0 Å². The Bertz CT molecular complexity index is 139. The molecule has 0 aromatic carbocycles. The van der Waals surface area contributed by atoms with E-state index in [9.17, 15) is 4.79 Å². The first-order chi connectivity index (χ1) is 4.75. The first-order valence-corrected chi connectivity index (χ1v) is 3.79. The van der Waals surface area contributed by atoms with Gasteiger partial charge in [-0.2, -0.15) is 12.6 Å². The van der Waals surface area contributed by atoms with Crippen LogP contribution in [0, 0.1) is 5.41 Å². The van der Waals surface area contributed by atoms with E-state index in [1.165, 1.54) is 0 Å². The van der Waals surface area contributed by atoms with Gasteiger partial charge >= 0.3 is 0 Å². The van der Waals surface area contributed by atoms with Crippen LogP contribution in [0.5, 0.6) is 0 Å². The summed E-state index contributed by atoms with van der Waals surface area (Å²) in [7, 11) is 1.63. The smallest absolute Gasteiger partial charge is 0.231 e. The Morgan fingerprint density at radius 3 is 2.50 bits per heavy atom. The highest BCUT2D eigenvalue weighted by Crippen LogP contribution is 2.28. The van der Waals surface area contributed by atoms with Crippen molar-refractivity contribution in [2.24, 2.45) is 5.41 Å². The van der Waals surface area contributed by atoms with E-state index in [4.69, 9.17) is 4.74 Å². The van der Waals surface area contributed by atoms with Crippen LogP contribution in [0.2, 0.25) is 0 Å². The lowest BCUT2D eigenvalue weighted by Gasteiger charge is -2.38. The van der Waals surface area contributed by atoms with Crippen molar-refractivity contribution in [2.75, 3.05) is 26.0 Å². The molecule has 1 rings (SSSR count). The fourth-order valence-corrected chi connectivity index (χ4v) is 1.23. The van der Waals surface area contributed by atoms with Crippen LogP contribution in [0.25, 0.3) is 0 Å². The minimum absolute atomic E-state index is 0.0359. The Balaban J connectivity index is 2.55. The Kier molecular flexibility index (Phi) is 2.21. The fourth-order valence-electron chi connectivity index (χ4n) is 0.908. The molecule has 0 unspecified atom stereocenters. The molecule has 0 saturated carbocycles. The molecule has 1 saturated heterocycles. The number of rotatable bonds is 2. The summed E-state index contributed by atoms with van der Waals surface area (Å²) in [6.45, 7) is 1.02. The maximum absolute atomic E-state index is 11.1. The van der Waals surface area contributed by atoms with Gasteiger partial charge in [0.2, 0.25) is 5.91 Å². The highest BCUT2D eigenvalue weighted by Gasteiger charge is 2.43. The summed E-state index contributed by atoms with van der Waals surface area (Å²) in [5.74, 6) is 0.598. The van der Waals surface area contributed by atoms with Crippen molar-refractivity contribution in [3.63, 3.8) is 0 Å². The third-order valence-corrected chi connectivity index (χ3v) is 2.37. The summed E-state index contributed by atoms with van der Waals surface area (Å²) in [6.07, 6.45) is 0. The molecule has 1 fully saturated rings. The van der Waals surface area contributed by atoms with Gasteiger partial charge < -0.3 is 10.1 Å². The van der Waals surface area contributed by atoms with Crippen molar-refractivity contribution < 1.29 is 9.53 Å². The Labute approximate surface area is 65.5 Å². The Morgan fingerprint density at radius 2 is 2.40 bits per heavy atom. The average Bonchev–Trinajstić information content (AvgIpc) is 1.86. The number of amides is 1. The first kappa shape index (κ1) is 7.88. The van der Waals surface area contributed by atoms with Crippen LogP contribution in [-0.2, 0) is 9.53 Å². The molecule has 3 nitrogen and oxygen atoms in total. The topological polar surface area (TPSA) is 38.3 Å². The predicted octanol–water partition coefficient (Wildman–Crippen LogP) is -0.321. The molecule has 1 amide bonds. The van der Waals surface area contributed by atoms with Crippen LogP contribution in [-0.4, -0.2) is 31.9 Å². The second-order valence-corrected chi connectivity index (χ2v) is 2.83. The maximum atomic E-state index is 11.1. The number of carbonyl (C=O) groups is 1. The molecule has 1 aliphatic heterocycles. The molecule has 1 aliphatic rings. The van der Waals surface area contributed by atoms with E-state index < -0.39 is 0 Å². The SMILES string of the molecule is CNC(=O)C1(CS)COC1. The summed E-state index contributed by atoms with van der Waals surface area (Å²) in [5, 5.41) is 2.59. The quantitative estimate of drug-likeness (QED) is 0.545. The molecule has 0 aromatic heterocycles. The lowest BCUT2D eigenvalue weighted by Crippen LogP contribution is -2.54. The molecule has 10 heavy (non-hydrogen) atoms. The summed E-state index contributed by atoms with van der Waals surface area (Å²) >= 11 is 4.09. The van der Waals surface area contributed by atoms with Crippen molar-refractivity contribution in [3.05, 3.63) is 0 Å². The van der Waals surface area contributed by atoms with Crippen LogP contribution < -0.4 is 5.32 Å². The maximum Gasteiger partial charge on any atom is 0.231 e. The number of hydrogen-bond acceptors (Lipinski definition) is 3. The van der Waals surface area contributed by atoms with E-state index in [1.54, 1.807) is 7.05 Å². The summed E-state index contributed by atoms with van der Waals surface area (Å²) in [5.41, 5.74) is -0.335. The van der Waals surface area contributed by atoms with Crippen molar-refractivity contribution in [1.82, 2.24) is 5.32 Å². The van der Waals surface area contributed by atoms with Gasteiger partial charge in [-0.3, -0.25) is 4.79 Å². The Morgan fingerprint density at radius 1 is 1.80 bits per heavy atom. The zero-order valence-electron chi connectivity index (χ0n) is 5.89. The predicted molar refractivity (Wildman–Crippen MR) is 41.2 cm³/mol. The minimum atomic E-state index is -0.335. The minimum Gasteiger partial charge on any atom is -0.379 e. The van der Waals surface area contributed by atoms with E-state index in [0.717, 1.165) is 0 Å². The molecule has 0 atom stereocenters. The number of hydrogen-bond donors (Lipinski definition) is 2. The van der Waals surface area contributed by atoms with Gasteiger partial charge in [0.25, 0.3) is 0 Å².